The Balaban J connectivity index is 0.000000162. The summed E-state index contributed by atoms with van der Waals surface area (Å²) in [6.45, 7) is 4.00. The summed E-state index contributed by atoms with van der Waals surface area (Å²) in [5.41, 5.74) is 0. The Morgan fingerprint density at radius 1 is 1.43 bits per heavy atom. The van der Waals surface area contributed by atoms with Gasteiger partial charge in [0.25, 0.3) is 0 Å². The molecule has 7 heavy (non-hydrogen) atoms. The van der Waals surface area contributed by atoms with Crippen LogP contribution in [0.2, 0.25) is 0 Å². The molecule has 2 heteroatoms. The molecule has 40 valence electrons. The van der Waals surface area contributed by atoms with E-state index >= 15 is 0 Å². The van der Waals surface area contributed by atoms with E-state index in [9.17, 15) is 0 Å². The van der Waals surface area contributed by atoms with Gasteiger partial charge in [-0.05, 0) is 0 Å². The molecule has 0 bridgehead atoms. The van der Waals surface area contributed by atoms with E-state index in [1.165, 1.54) is 12.7 Å². The zero-order chi connectivity index (χ0) is 5.54. The first-order valence-corrected chi connectivity index (χ1v) is 2.32. The molecule has 1 aromatic heterocycles. The van der Waals surface area contributed by atoms with E-state index in [0.717, 1.165) is 0 Å². The van der Waals surface area contributed by atoms with Crippen LogP contribution in [-0.2, 0) is 0 Å². The van der Waals surface area contributed by atoms with E-state index in [-0.39, 0.29) is 0 Å². The average Bonchev–Trinajstić information content (AvgIpc) is 2.23. The molecule has 1 aromatic rings. The van der Waals surface area contributed by atoms with Crippen LogP contribution in [0.25, 0.3) is 0 Å². The van der Waals surface area contributed by atoms with Crippen molar-refractivity contribution in [3.05, 3.63) is 18.9 Å². The van der Waals surface area contributed by atoms with Crippen molar-refractivity contribution in [2.75, 3.05) is 0 Å². The van der Waals surface area contributed by atoms with Gasteiger partial charge in [-0.2, -0.15) is 0 Å². The minimum Gasteiger partial charge on any atom is -0.452 e. The van der Waals surface area contributed by atoms with E-state index in [2.05, 4.69) is 9.40 Å². The molecule has 0 spiro atoms. The maximum Gasteiger partial charge on any atom is 0.180 e. The summed E-state index contributed by atoms with van der Waals surface area (Å²) in [6.07, 6.45) is 4.47. The van der Waals surface area contributed by atoms with E-state index in [1.807, 2.05) is 13.8 Å². The number of rotatable bonds is 0. The predicted octanol–water partition coefficient (Wildman–Crippen LogP) is 1.70. The fraction of sp³-hybridized carbons (Fsp3) is 0.400. The van der Waals surface area contributed by atoms with Gasteiger partial charge in [0.1, 0.15) is 6.26 Å². The number of hydrogen-bond donors (Lipinski definition) is 0. The standard InChI is InChI=1S/C3H3NO.C2H6/c1-2-5-3-4-1;1-2/h1-3H;1-2H3. The molecular weight excluding hydrogens is 90.1 g/mol. The van der Waals surface area contributed by atoms with Gasteiger partial charge < -0.3 is 4.42 Å². The molecule has 0 N–H and O–H groups in total. The first-order valence-electron chi connectivity index (χ1n) is 2.32. The van der Waals surface area contributed by atoms with Gasteiger partial charge in [-0.1, -0.05) is 13.8 Å². The van der Waals surface area contributed by atoms with Crippen molar-refractivity contribution in [3.63, 3.8) is 0 Å². The van der Waals surface area contributed by atoms with Crippen molar-refractivity contribution in [2.45, 2.75) is 13.8 Å². The van der Waals surface area contributed by atoms with E-state index in [1.54, 1.807) is 6.20 Å². The van der Waals surface area contributed by atoms with Crippen LogP contribution in [-0.4, -0.2) is 4.98 Å². The molecule has 0 radical (unpaired) electrons. The van der Waals surface area contributed by atoms with E-state index < -0.39 is 0 Å². The van der Waals surface area contributed by atoms with Crippen molar-refractivity contribution >= 4 is 0 Å². The molecule has 0 saturated heterocycles. The van der Waals surface area contributed by atoms with Gasteiger partial charge in [-0.25, -0.2) is 4.98 Å². The second-order valence-electron chi connectivity index (χ2n) is 0.676. The monoisotopic (exact) mass is 99.1 g/mol. The van der Waals surface area contributed by atoms with Gasteiger partial charge in [0.05, 0.1) is 6.20 Å². The summed E-state index contributed by atoms with van der Waals surface area (Å²) < 4.78 is 4.47. The molecule has 2 nitrogen and oxygen atoms in total. The van der Waals surface area contributed by atoms with Crippen LogP contribution in [0.5, 0.6) is 0 Å². The highest BCUT2D eigenvalue weighted by molar-refractivity contribution is 4.56. The highest BCUT2D eigenvalue weighted by Crippen LogP contribution is 1.72. The molecule has 1 rings (SSSR count). The SMILES string of the molecule is CC.c1cocn1. The zero-order valence-corrected chi connectivity index (χ0v) is 4.59. The molecule has 0 aliphatic rings. The molecule has 0 unspecified atom stereocenters. The molecular formula is C5H9NO. The maximum atomic E-state index is 4.47. The molecule has 0 amide bonds. The van der Waals surface area contributed by atoms with Crippen LogP contribution in [0.3, 0.4) is 0 Å². The Morgan fingerprint density at radius 3 is 2.29 bits per heavy atom. The van der Waals surface area contributed by atoms with E-state index in [0.29, 0.717) is 0 Å². The Bertz CT molecular complexity index is 64.6. The molecule has 0 saturated carbocycles. The zero-order valence-electron chi connectivity index (χ0n) is 4.59. The summed E-state index contributed by atoms with van der Waals surface area (Å²) in [4.78, 5) is 3.56. The van der Waals surface area contributed by atoms with Crippen LogP contribution in [0.4, 0.5) is 0 Å². The Morgan fingerprint density at radius 2 is 2.14 bits per heavy atom. The summed E-state index contributed by atoms with van der Waals surface area (Å²) in [6, 6.07) is 0. The van der Waals surface area contributed by atoms with Crippen LogP contribution < -0.4 is 0 Å². The lowest BCUT2D eigenvalue weighted by atomic mass is 11.0. The first-order chi connectivity index (χ1) is 3.50. The third kappa shape index (κ3) is 3.03. The maximum absolute atomic E-state index is 4.47. The van der Waals surface area contributed by atoms with Crippen molar-refractivity contribution < 1.29 is 4.42 Å². The molecule has 0 aliphatic carbocycles. The van der Waals surface area contributed by atoms with Gasteiger partial charge in [-0.3, -0.25) is 0 Å². The summed E-state index contributed by atoms with van der Waals surface area (Å²) in [5.74, 6) is 0. The first kappa shape index (κ1) is 6.21. The topological polar surface area (TPSA) is 26.0 Å². The second kappa shape index (κ2) is 5.21. The van der Waals surface area contributed by atoms with Gasteiger partial charge >= 0.3 is 0 Å². The average molecular weight is 99.1 g/mol. The fourth-order valence-corrected chi connectivity index (χ4v) is 0.176. The van der Waals surface area contributed by atoms with Crippen LogP contribution >= 0.6 is 0 Å². The van der Waals surface area contributed by atoms with Gasteiger partial charge in [-0.15, -0.1) is 0 Å². The van der Waals surface area contributed by atoms with Crippen LogP contribution in [0.15, 0.2) is 23.3 Å². The highest BCUT2D eigenvalue weighted by Gasteiger charge is 1.59. The second-order valence-corrected chi connectivity index (χ2v) is 0.676. The molecule has 0 aromatic carbocycles. The lowest BCUT2D eigenvalue weighted by molar-refractivity contribution is 0.558. The largest absolute Gasteiger partial charge is 0.452 e. The summed E-state index contributed by atoms with van der Waals surface area (Å²) in [5, 5.41) is 0. The molecule has 0 atom stereocenters. The third-order valence-corrected chi connectivity index (χ3v) is 0.347. The minimum atomic E-state index is 1.38. The summed E-state index contributed by atoms with van der Waals surface area (Å²) in [7, 11) is 0. The van der Waals surface area contributed by atoms with Crippen molar-refractivity contribution in [1.29, 1.82) is 0 Å². The lowest BCUT2D eigenvalue weighted by Crippen LogP contribution is -1.38. The minimum absolute atomic E-state index is 1.38. The third-order valence-electron chi connectivity index (χ3n) is 0.347. The Kier molecular flexibility index (Phi) is 4.62. The quantitative estimate of drug-likeness (QED) is 0.494. The fourth-order valence-electron chi connectivity index (χ4n) is 0.176. The van der Waals surface area contributed by atoms with Gasteiger partial charge in [0, 0.05) is 0 Å². The predicted molar refractivity (Wildman–Crippen MR) is 27.9 cm³/mol. The lowest BCUT2D eigenvalue weighted by Gasteiger charge is -1.47. The number of hydrogen-bond acceptors (Lipinski definition) is 2. The number of oxazole rings is 1. The highest BCUT2D eigenvalue weighted by atomic mass is 16.3. The van der Waals surface area contributed by atoms with Crippen LogP contribution in [0, 0.1) is 0 Å². The Hall–Kier alpha value is -0.790. The van der Waals surface area contributed by atoms with Gasteiger partial charge in [0.2, 0.25) is 0 Å². The number of aromatic nitrogens is 1. The smallest absolute Gasteiger partial charge is 0.180 e. The summed E-state index contributed by atoms with van der Waals surface area (Å²) >= 11 is 0. The molecule has 0 aliphatic heterocycles. The van der Waals surface area contributed by atoms with Crippen molar-refractivity contribution in [3.8, 4) is 0 Å². The normalized spacial score (nSPS) is 6.57. The Labute approximate surface area is 43.2 Å². The molecule has 1 heterocycles. The van der Waals surface area contributed by atoms with Crippen molar-refractivity contribution in [1.82, 2.24) is 4.98 Å². The van der Waals surface area contributed by atoms with Crippen molar-refractivity contribution in [2.24, 2.45) is 0 Å². The van der Waals surface area contributed by atoms with E-state index in [4.69, 9.17) is 0 Å². The van der Waals surface area contributed by atoms with Gasteiger partial charge in [0.15, 0.2) is 6.39 Å². The molecule has 0 fully saturated rings. The van der Waals surface area contributed by atoms with Crippen LogP contribution in [0.1, 0.15) is 13.8 Å². The number of nitrogens with zero attached hydrogens (tertiary/aromatic N) is 1.